The third kappa shape index (κ3) is 2.41. The molecular weight excluding hydrogens is 247 g/mol. The van der Waals surface area contributed by atoms with Crippen molar-refractivity contribution in [3.63, 3.8) is 0 Å². The van der Waals surface area contributed by atoms with Crippen LogP contribution in [0.2, 0.25) is 0 Å². The smallest absolute Gasteiger partial charge is 0.388 e. The molecule has 0 fully saturated rings. The Hall–Kier alpha value is -2.39. The molecule has 0 saturated heterocycles. The van der Waals surface area contributed by atoms with Gasteiger partial charge in [0.05, 0.1) is 15.4 Å². The minimum absolute atomic E-state index is 0.155. The van der Waals surface area contributed by atoms with Crippen LogP contribution in [-0.2, 0) is 6.18 Å². The topological polar surface area (TPSA) is 112 Å². The Labute approximate surface area is 90.9 Å². The molecule has 0 aliphatic carbocycles. The van der Waals surface area contributed by atoms with Crippen LogP contribution in [-0.4, -0.2) is 9.85 Å². The number of benzene rings is 1. The van der Waals surface area contributed by atoms with E-state index in [0.29, 0.717) is 0 Å². The summed E-state index contributed by atoms with van der Waals surface area (Å²) in [6.45, 7) is 0. The predicted molar refractivity (Wildman–Crippen MR) is 49.2 cm³/mol. The van der Waals surface area contributed by atoms with E-state index in [-0.39, 0.29) is 12.1 Å². The summed E-state index contributed by atoms with van der Waals surface area (Å²) >= 11 is 0. The largest absolute Gasteiger partial charge is 0.416 e. The number of nitro groups is 2. The molecule has 7 nitrogen and oxygen atoms in total. The monoisotopic (exact) mass is 251 g/mol. The minimum atomic E-state index is -4.93. The molecule has 0 radical (unpaired) electrons. The zero-order valence-corrected chi connectivity index (χ0v) is 7.89. The Balaban J connectivity index is 3.59. The number of rotatable bonds is 2. The maximum atomic E-state index is 12.3. The molecule has 10 heteroatoms. The molecule has 0 unspecified atom stereocenters. The van der Waals surface area contributed by atoms with Crippen LogP contribution in [0, 0.1) is 20.2 Å². The van der Waals surface area contributed by atoms with Gasteiger partial charge in [0.15, 0.2) is 5.69 Å². The summed E-state index contributed by atoms with van der Waals surface area (Å²) in [5, 5.41) is 20.8. The number of nitrogen functional groups attached to an aromatic ring is 1. The molecule has 2 N–H and O–H groups in total. The van der Waals surface area contributed by atoms with Crippen LogP contribution in [0.4, 0.5) is 30.2 Å². The van der Waals surface area contributed by atoms with E-state index in [0.717, 1.165) is 0 Å². The van der Waals surface area contributed by atoms with Crippen LogP contribution in [0.15, 0.2) is 12.1 Å². The summed E-state index contributed by atoms with van der Waals surface area (Å²) < 4.78 is 37.0. The maximum Gasteiger partial charge on any atom is 0.416 e. The number of alkyl halides is 3. The molecule has 0 heterocycles. The van der Waals surface area contributed by atoms with Crippen LogP contribution in [0.25, 0.3) is 0 Å². The number of nitrogens with two attached hydrogens (primary N) is 1. The van der Waals surface area contributed by atoms with Crippen LogP contribution in [0.5, 0.6) is 0 Å². The van der Waals surface area contributed by atoms with E-state index in [1.807, 2.05) is 0 Å². The summed E-state index contributed by atoms with van der Waals surface area (Å²) in [7, 11) is 0. The van der Waals surface area contributed by atoms with Crippen molar-refractivity contribution in [2.45, 2.75) is 6.18 Å². The molecule has 1 aromatic rings. The first-order chi connectivity index (χ1) is 7.64. The highest BCUT2D eigenvalue weighted by Gasteiger charge is 2.36. The zero-order chi connectivity index (χ0) is 13.4. The van der Waals surface area contributed by atoms with Gasteiger partial charge in [-0.2, -0.15) is 13.2 Å². The highest BCUT2D eigenvalue weighted by atomic mass is 19.4. The standard InChI is InChI=1S/C7H4F3N3O4/c8-7(9,10)3-1-4(12(14)15)6(11)5(2-3)13(16)17/h1-2H,11H2. The average Bonchev–Trinajstić information content (AvgIpc) is 2.14. The van der Waals surface area contributed by atoms with Crippen LogP contribution in [0.1, 0.15) is 5.56 Å². The highest BCUT2D eigenvalue weighted by Crippen LogP contribution is 2.39. The molecular formula is C7H4F3N3O4. The lowest BCUT2D eigenvalue weighted by Crippen LogP contribution is -2.09. The van der Waals surface area contributed by atoms with Gasteiger partial charge in [-0.05, 0) is 0 Å². The molecule has 1 rings (SSSR count). The van der Waals surface area contributed by atoms with Crippen molar-refractivity contribution in [3.8, 4) is 0 Å². The molecule has 0 atom stereocenters. The molecule has 0 aliphatic heterocycles. The Morgan fingerprint density at radius 1 is 1.06 bits per heavy atom. The summed E-state index contributed by atoms with van der Waals surface area (Å²) in [5.41, 5.74) is 0.349. The van der Waals surface area contributed by atoms with Gasteiger partial charge in [0.25, 0.3) is 11.4 Å². The van der Waals surface area contributed by atoms with E-state index in [9.17, 15) is 33.4 Å². The molecule has 17 heavy (non-hydrogen) atoms. The predicted octanol–water partition coefficient (Wildman–Crippen LogP) is 2.10. The number of nitrogens with zero attached hydrogens (tertiary/aromatic N) is 2. The van der Waals surface area contributed by atoms with Crippen LogP contribution in [0.3, 0.4) is 0 Å². The third-order valence-electron chi connectivity index (χ3n) is 1.86. The number of anilines is 1. The quantitative estimate of drug-likeness (QED) is 0.491. The first-order valence-electron chi connectivity index (χ1n) is 3.94. The molecule has 92 valence electrons. The van der Waals surface area contributed by atoms with Gasteiger partial charge < -0.3 is 5.73 Å². The van der Waals surface area contributed by atoms with Gasteiger partial charge in [-0.15, -0.1) is 0 Å². The van der Waals surface area contributed by atoms with Crippen molar-refractivity contribution < 1.29 is 23.0 Å². The number of halogens is 3. The zero-order valence-electron chi connectivity index (χ0n) is 7.89. The fourth-order valence-corrected chi connectivity index (χ4v) is 1.09. The summed E-state index contributed by atoms with van der Waals surface area (Å²) in [4.78, 5) is 18.4. The van der Waals surface area contributed by atoms with Gasteiger partial charge in [0, 0.05) is 12.1 Å². The molecule has 0 spiro atoms. The Kier molecular flexibility index (Phi) is 2.90. The highest BCUT2D eigenvalue weighted by molar-refractivity contribution is 5.72. The second-order valence-corrected chi connectivity index (χ2v) is 2.94. The molecule has 0 bridgehead atoms. The lowest BCUT2D eigenvalue weighted by atomic mass is 10.1. The van der Waals surface area contributed by atoms with Crippen molar-refractivity contribution in [2.24, 2.45) is 0 Å². The first kappa shape index (κ1) is 12.7. The number of hydrogen-bond acceptors (Lipinski definition) is 5. The fraction of sp³-hybridized carbons (Fsp3) is 0.143. The van der Waals surface area contributed by atoms with E-state index in [2.05, 4.69) is 0 Å². The minimum Gasteiger partial charge on any atom is -0.388 e. The van der Waals surface area contributed by atoms with Crippen molar-refractivity contribution in [1.82, 2.24) is 0 Å². The molecule has 1 aromatic carbocycles. The summed E-state index contributed by atoms with van der Waals surface area (Å²) in [6, 6.07) is 0.310. The Morgan fingerprint density at radius 3 is 1.65 bits per heavy atom. The van der Waals surface area contributed by atoms with E-state index in [4.69, 9.17) is 5.73 Å². The van der Waals surface area contributed by atoms with Gasteiger partial charge in [-0.3, -0.25) is 20.2 Å². The first-order valence-corrected chi connectivity index (χ1v) is 3.94. The van der Waals surface area contributed by atoms with E-state index < -0.39 is 38.6 Å². The van der Waals surface area contributed by atoms with Crippen molar-refractivity contribution >= 4 is 17.1 Å². The van der Waals surface area contributed by atoms with Gasteiger partial charge in [-0.25, -0.2) is 0 Å². The van der Waals surface area contributed by atoms with Crippen molar-refractivity contribution in [2.75, 3.05) is 5.73 Å². The second kappa shape index (κ2) is 3.88. The normalized spacial score (nSPS) is 11.2. The molecule has 0 aliphatic rings. The van der Waals surface area contributed by atoms with E-state index in [1.165, 1.54) is 0 Å². The third-order valence-corrected chi connectivity index (χ3v) is 1.86. The van der Waals surface area contributed by atoms with Gasteiger partial charge in [0.2, 0.25) is 0 Å². The van der Waals surface area contributed by atoms with Gasteiger partial charge >= 0.3 is 6.18 Å². The lowest BCUT2D eigenvalue weighted by Gasteiger charge is -2.07. The van der Waals surface area contributed by atoms with Crippen LogP contribution >= 0.6 is 0 Å². The SMILES string of the molecule is Nc1c([N+](=O)[O-])cc(C(F)(F)F)cc1[N+](=O)[O-]. The molecule has 0 amide bonds. The number of hydrogen-bond donors (Lipinski definition) is 1. The van der Waals surface area contributed by atoms with Crippen molar-refractivity contribution in [1.29, 1.82) is 0 Å². The van der Waals surface area contributed by atoms with Gasteiger partial charge in [-0.1, -0.05) is 0 Å². The molecule has 0 aromatic heterocycles. The van der Waals surface area contributed by atoms with E-state index in [1.54, 1.807) is 0 Å². The summed E-state index contributed by atoms with van der Waals surface area (Å²) in [6.07, 6.45) is -4.93. The van der Waals surface area contributed by atoms with Crippen molar-refractivity contribution in [3.05, 3.63) is 37.9 Å². The van der Waals surface area contributed by atoms with Crippen LogP contribution < -0.4 is 5.73 Å². The maximum absolute atomic E-state index is 12.3. The van der Waals surface area contributed by atoms with E-state index >= 15 is 0 Å². The fourth-order valence-electron chi connectivity index (χ4n) is 1.09. The Bertz CT molecular complexity index is 465. The average molecular weight is 251 g/mol. The lowest BCUT2D eigenvalue weighted by molar-refractivity contribution is -0.392. The second-order valence-electron chi connectivity index (χ2n) is 2.94. The molecule has 0 saturated carbocycles. The number of nitro benzene ring substituents is 2. The van der Waals surface area contributed by atoms with Gasteiger partial charge in [0.1, 0.15) is 0 Å². The Morgan fingerprint density at radius 2 is 1.41 bits per heavy atom. The summed E-state index contributed by atoms with van der Waals surface area (Å²) in [5.74, 6) is 0.